The van der Waals surface area contributed by atoms with Crippen molar-refractivity contribution >= 4 is 17.4 Å². The molecule has 100 valence electrons. The first-order valence-electron chi connectivity index (χ1n) is 6.58. The number of para-hydroxylation sites is 1. The van der Waals surface area contributed by atoms with E-state index in [1.165, 1.54) is 27.3 Å². The summed E-state index contributed by atoms with van der Waals surface area (Å²) < 4.78 is 0. The number of hydrogen-bond donors (Lipinski definition) is 1. The SMILES string of the molecule is CSc1ccccc1NC(C)c1ccc(C)cc1C. The number of benzene rings is 2. The zero-order valence-corrected chi connectivity index (χ0v) is 12.8. The van der Waals surface area contributed by atoms with E-state index < -0.39 is 0 Å². The zero-order valence-electron chi connectivity index (χ0n) is 12.0. The molecule has 0 saturated heterocycles. The smallest absolute Gasteiger partial charge is 0.0488 e. The lowest BCUT2D eigenvalue weighted by Crippen LogP contribution is -2.09. The van der Waals surface area contributed by atoms with E-state index >= 15 is 0 Å². The summed E-state index contributed by atoms with van der Waals surface area (Å²) in [5.74, 6) is 0. The van der Waals surface area contributed by atoms with E-state index in [1.807, 2.05) is 0 Å². The standard InChI is InChI=1S/C17H21NS/c1-12-9-10-15(13(2)11-12)14(3)18-16-7-5-6-8-17(16)19-4/h5-11,14,18H,1-4H3. The maximum atomic E-state index is 3.62. The maximum absolute atomic E-state index is 3.62. The van der Waals surface area contributed by atoms with Crippen LogP contribution in [0.15, 0.2) is 47.4 Å². The Hall–Kier alpha value is -1.41. The predicted molar refractivity (Wildman–Crippen MR) is 86.2 cm³/mol. The fourth-order valence-corrected chi connectivity index (χ4v) is 2.95. The number of rotatable bonds is 4. The summed E-state index contributed by atoms with van der Waals surface area (Å²) in [7, 11) is 0. The van der Waals surface area contributed by atoms with E-state index in [1.54, 1.807) is 11.8 Å². The van der Waals surface area contributed by atoms with Crippen molar-refractivity contribution in [3.8, 4) is 0 Å². The molecule has 0 radical (unpaired) electrons. The third kappa shape index (κ3) is 3.32. The van der Waals surface area contributed by atoms with Gasteiger partial charge in [-0.1, -0.05) is 35.9 Å². The number of aryl methyl sites for hydroxylation is 2. The fraction of sp³-hybridized carbons (Fsp3) is 0.294. The highest BCUT2D eigenvalue weighted by molar-refractivity contribution is 7.98. The Balaban J connectivity index is 2.23. The van der Waals surface area contributed by atoms with Gasteiger partial charge in [-0.05, 0) is 50.3 Å². The van der Waals surface area contributed by atoms with Crippen LogP contribution in [0.25, 0.3) is 0 Å². The molecule has 19 heavy (non-hydrogen) atoms. The van der Waals surface area contributed by atoms with Crippen LogP contribution in [0, 0.1) is 13.8 Å². The van der Waals surface area contributed by atoms with E-state index in [-0.39, 0.29) is 0 Å². The predicted octanol–water partition coefficient (Wildman–Crippen LogP) is 5.20. The van der Waals surface area contributed by atoms with Crippen molar-refractivity contribution in [3.63, 3.8) is 0 Å². The van der Waals surface area contributed by atoms with E-state index in [2.05, 4.69) is 74.8 Å². The normalized spacial score (nSPS) is 12.2. The van der Waals surface area contributed by atoms with Crippen LogP contribution in [-0.2, 0) is 0 Å². The Morgan fingerprint density at radius 2 is 1.79 bits per heavy atom. The molecule has 0 heterocycles. The molecule has 0 aliphatic heterocycles. The topological polar surface area (TPSA) is 12.0 Å². The van der Waals surface area contributed by atoms with Gasteiger partial charge in [0.2, 0.25) is 0 Å². The van der Waals surface area contributed by atoms with E-state index in [0.29, 0.717) is 6.04 Å². The monoisotopic (exact) mass is 271 g/mol. The van der Waals surface area contributed by atoms with Crippen LogP contribution in [-0.4, -0.2) is 6.26 Å². The lowest BCUT2D eigenvalue weighted by atomic mass is 10.00. The van der Waals surface area contributed by atoms with Crippen molar-refractivity contribution in [1.82, 2.24) is 0 Å². The number of hydrogen-bond acceptors (Lipinski definition) is 2. The quantitative estimate of drug-likeness (QED) is 0.767. The molecule has 2 aromatic carbocycles. The molecule has 1 N–H and O–H groups in total. The summed E-state index contributed by atoms with van der Waals surface area (Å²) in [6.45, 7) is 6.54. The summed E-state index contributed by atoms with van der Waals surface area (Å²) in [4.78, 5) is 1.29. The van der Waals surface area contributed by atoms with E-state index in [0.717, 1.165) is 0 Å². The van der Waals surface area contributed by atoms with Crippen LogP contribution in [0.1, 0.15) is 29.7 Å². The highest BCUT2D eigenvalue weighted by atomic mass is 32.2. The summed E-state index contributed by atoms with van der Waals surface area (Å²) in [5.41, 5.74) is 5.24. The van der Waals surface area contributed by atoms with Gasteiger partial charge in [0, 0.05) is 16.6 Å². The molecule has 0 amide bonds. The molecule has 0 spiro atoms. The van der Waals surface area contributed by atoms with Crippen molar-refractivity contribution in [2.24, 2.45) is 0 Å². The van der Waals surface area contributed by atoms with Crippen LogP contribution in [0.4, 0.5) is 5.69 Å². The molecular formula is C17H21NS. The molecule has 2 rings (SSSR count). The molecule has 2 heteroatoms. The molecule has 0 bridgehead atoms. The van der Waals surface area contributed by atoms with Crippen LogP contribution in [0.3, 0.4) is 0 Å². The maximum Gasteiger partial charge on any atom is 0.0488 e. The van der Waals surface area contributed by atoms with Gasteiger partial charge in [0.15, 0.2) is 0 Å². The highest BCUT2D eigenvalue weighted by Crippen LogP contribution is 2.29. The summed E-state index contributed by atoms with van der Waals surface area (Å²) in [5, 5.41) is 3.62. The van der Waals surface area contributed by atoms with E-state index in [9.17, 15) is 0 Å². The second-order valence-corrected chi connectivity index (χ2v) is 5.77. The van der Waals surface area contributed by atoms with Crippen LogP contribution < -0.4 is 5.32 Å². The van der Waals surface area contributed by atoms with Crippen molar-refractivity contribution < 1.29 is 0 Å². The number of nitrogens with one attached hydrogen (secondary N) is 1. The molecule has 0 saturated carbocycles. The van der Waals surface area contributed by atoms with E-state index in [4.69, 9.17) is 0 Å². The first-order valence-corrected chi connectivity index (χ1v) is 7.81. The van der Waals surface area contributed by atoms with Crippen molar-refractivity contribution in [1.29, 1.82) is 0 Å². The van der Waals surface area contributed by atoms with Crippen LogP contribution in [0.2, 0.25) is 0 Å². The minimum atomic E-state index is 0.314. The summed E-state index contributed by atoms with van der Waals surface area (Å²) >= 11 is 1.78. The minimum absolute atomic E-state index is 0.314. The molecule has 1 unspecified atom stereocenters. The van der Waals surface area contributed by atoms with Gasteiger partial charge in [-0.3, -0.25) is 0 Å². The summed E-state index contributed by atoms with van der Waals surface area (Å²) in [6.07, 6.45) is 2.11. The van der Waals surface area contributed by atoms with Crippen molar-refractivity contribution in [2.45, 2.75) is 31.7 Å². The fourth-order valence-electron chi connectivity index (χ4n) is 2.39. The third-order valence-corrected chi connectivity index (χ3v) is 4.17. The van der Waals surface area contributed by atoms with Crippen LogP contribution in [0.5, 0.6) is 0 Å². The van der Waals surface area contributed by atoms with Gasteiger partial charge in [-0.15, -0.1) is 11.8 Å². The molecule has 1 nitrogen and oxygen atoms in total. The largest absolute Gasteiger partial charge is 0.378 e. The van der Waals surface area contributed by atoms with Crippen LogP contribution >= 0.6 is 11.8 Å². The van der Waals surface area contributed by atoms with Gasteiger partial charge < -0.3 is 5.32 Å². The second kappa shape index (κ2) is 6.16. The summed E-state index contributed by atoms with van der Waals surface area (Å²) in [6, 6.07) is 15.4. The Labute approximate surface area is 120 Å². The molecule has 2 aromatic rings. The van der Waals surface area contributed by atoms with Gasteiger partial charge in [0.25, 0.3) is 0 Å². The minimum Gasteiger partial charge on any atom is -0.378 e. The highest BCUT2D eigenvalue weighted by Gasteiger charge is 2.10. The molecule has 0 aromatic heterocycles. The Morgan fingerprint density at radius 3 is 2.47 bits per heavy atom. The number of thioether (sulfide) groups is 1. The zero-order chi connectivity index (χ0) is 13.8. The first kappa shape index (κ1) is 14.0. The van der Waals surface area contributed by atoms with Gasteiger partial charge in [-0.2, -0.15) is 0 Å². The average molecular weight is 271 g/mol. The molecule has 1 atom stereocenters. The molecule has 0 aliphatic carbocycles. The number of anilines is 1. The second-order valence-electron chi connectivity index (χ2n) is 4.93. The molecule has 0 aliphatic rings. The van der Waals surface area contributed by atoms with Crippen molar-refractivity contribution in [3.05, 3.63) is 59.2 Å². The lowest BCUT2D eigenvalue weighted by molar-refractivity contribution is 0.868. The lowest BCUT2D eigenvalue weighted by Gasteiger charge is -2.20. The third-order valence-electron chi connectivity index (χ3n) is 3.37. The Kier molecular flexibility index (Phi) is 4.54. The first-order chi connectivity index (χ1) is 9.11. The molecular weight excluding hydrogens is 250 g/mol. The van der Waals surface area contributed by atoms with Gasteiger partial charge in [0.05, 0.1) is 0 Å². The van der Waals surface area contributed by atoms with Gasteiger partial charge >= 0.3 is 0 Å². The van der Waals surface area contributed by atoms with Crippen molar-refractivity contribution in [2.75, 3.05) is 11.6 Å². The van der Waals surface area contributed by atoms with Gasteiger partial charge in [-0.25, -0.2) is 0 Å². The molecule has 0 fully saturated rings. The van der Waals surface area contributed by atoms with Gasteiger partial charge in [0.1, 0.15) is 0 Å². The average Bonchev–Trinajstić information content (AvgIpc) is 2.39. The Bertz CT molecular complexity index is 563. The Morgan fingerprint density at radius 1 is 1.05 bits per heavy atom.